The Morgan fingerprint density at radius 1 is 1.08 bits per heavy atom. The van der Waals surface area contributed by atoms with Gasteiger partial charge in [-0.05, 0) is 60.0 Å². The predicted octanol–water partition coefficient (Wildman–Crippen LogP) is 1.82. The molecule has 0 aliphatic carbocycles. The van der Waals surface area contributed by atoms with Gasteiger partial charge in [0, 0.05) is 30.5 Å². The molecule has 4 heterocycles. The number of benzene rings is 2. The number of amides is 4. The summed E-state index contributed by atoms with van der Waals surface area (Å²) in [6, 6.07) is 9.07. The zero-order valence-electron chi connectivity index (χ0n) is 29.9. The third-order valence-electron chi connectivity index (χ3n) is 9.81. The second-order valence-electron chi connectivity index (χ2n) is 13.9. The van der Waals surface area contributed by atoms with Gasteiger partial charge in [0.05, 0.1) is 18.3 Å². The van der Waals surface area contributed by atoms with Gasteiger partial charge in [-0.15, -0.1) is 16.4 Å². The summed E-state index contributed by atoms with van der Waals surface area (Å²) in [5.41, 5.74) is 1.93. The van der Waals surface area contributed by atoms with Crippen LogP contribution < -0.4 is 26.0 Å². The minimum absolute atomic E-state index is 0.0441. The zero-order chi connectivity index (χ0) is 37.8. The van der Waals surface area contributed by atoms with Gasteiger partial charge in [0.1, 0.15) is 42.2 Å². The Hall–Kier alpha value is -5.35. The van der Waals surface area contributed by atoms with Crippen molar-refractivity contribution in [1.82, 2.24) is 41.2 Å². The van der Waals surface area contributed by atoms with Crippen molar-refractivity contribution in [2.24, 2.45) is 5.92 Å². The number of likely N-dealkylation sites (N-methyl/N-ethyl adjacent to an activating group) is 1. The number of fused-ring (bicyclic) bond motifs is 8. The van der Waals surface area contributed by atoms with E-state index in [1.54, 1.807) is 49.1 Å². The first-order chi connectivity index (χ1) is 25.4. The van der Waals surface area contributed by atoms with Crippen LogP contribution in [0.15, 0.2) is 60.1 Å². The Bertz CT molecular complexity index is 2000. The van der Waals surface area contributed by atoms with Gasteiger partial charge >= 0.3 is 5.97 Å². The normalized spacial score (nSPS) is 21.9. The molecule has 1 saturated heterocycles. The topological polar surface area (TPSA) is 197 Å². The van der Waals surface area contributed by atoms with E-state index in [1.807, 2.05) is 43.5 Å². The van der Waals surface area contributed by atoms with Crippen LogP contribution in [0.25, 0.3) is 10.1 Å². The average molecular weight is 745 g/mol. The van der Waals surface area contributed by atoms with Gasteiger partial charge < -0.3 is 36.0 Å². The van der Waals surface area contributed by atoms with Crippen LogP contribution in [-0.2, 0) is 43.4 Å². The van der Waals surface area contributed by atoms with Gasteiger partial charge in [0.2, 0.25) is 23.6 Å². The summed E-state index contributed by atoms with van der Waals surface area (Å²) in [6.07, 6.45) is 1.87. The van der Waals surface area contributed by atoms with Gasteiger partial charge in [-0.25, -0.2) is 9.48 Å². The number of hydrogen-bond acceptors (Lipinski definition) is 10. The Morgan fingerprint density at radius 2 is 1.87 bits per heavy atom. The molecule has 2 aromatic carbocycles. The predicted molar refractivity (Wildman–Crippen MR) is 196 cm³/mol. The van der Waals surface area contributed by atoms with E-state index in [9.17, 15) is 29.1 Å². The summed E-state index contributed by atoms with van der Waals surface area (Å²) in [5.74, 6) is -3.18. The fourth-order valence-electron chi connectivity index (χ4n) is 6.67. The number of hydrogen-bond donors (Lipinski definition) is 5. The summed E-state index contributed by atoms with van der Waals surface area (Å²) in [6.45, 7) is 5.44. The molecule has 4 amide bonds. The van der Waals surface area contributed by atoms with Crippen LogP contribution in [0, 0.1) is 5.92 Å². The molecule has 0 spiro atoms. The molecule has 2 aliphatic heterocycles. The van der Waals surface area contributed by atoms with Crippen molar-refractivity contribution in [3.63, 3.8) is 0 Å². The first-order valence-electron chi connectivity index (χ1n) is 17.6. The molecule has 6 rings (SSSR count). The van der Waals surface area contributed by atoms with Crippen molar-refractivity contribution in [2.45, 2.75) is 82.9 Å². The number of carbonyl (C=O) groups is 5. The number of thiophene rings is 1. The van der Waals surface area contributed by atoms with Crippen LogP contribution in [0.2, 0.25) is 0 Å². The Balaban J connectivity index is 1.38. The summed E-state index contributed by atoms with van der Waals surface area (Å²) >= 11 is 1.50. The summed E-state index contributed by atoms with van der Waals surface area (Å²) in [7, 11) is 1.64. The van der Waals surface area contributed by atoms with E-state index >= 15 is 0 Å². The van der Waals surface area contributed by atoms with E-state index in [2.05, 4.69) is 31.6 Å². The van der Waals surface area contributed by atoms with Crippen LogP contribution in [0.4, 0.5) is 0 Å². The molecule has 0 unspecified atom stereocenters. The van der Waals surface area contributed by atoms with E-state index in [4.69, 9.17) is 4.74 Å². The van der Waals surface area contributed by atoms with Crippen LogP contribution in [-0.4, -0.2) is 98.4 Å². The molecular weight excluding hydrogens is 701 g/mol. The first-order valence-corrected chi connectivity index (χ1v) is 18.5. The van der Waals surface area contributed by atoms with E-state index in [-0.39, 0.29) is 44.2 Å². The second kappa shape index (κ2) is 16.1. The van der Waals surface area contributed by atoms with Crippen LogP contribution in [0.5, 0.6) is 5.75 Å². The highest BCUT2D eigenvalue weighted by molar-refractivity contribution is 7.17. The first kappa shape index (κ1) is 37.4. The van der Waals surface area contributed by atoms with Crippen molar-refractivity contribution in [1.29, 1.82) is 0 Å². The fourth-order valence-corrected chi connectivity index (χ4v) is 7.65. The molecule has 6 bridgehead atoms. The Labute approximate surface area is 310 Å². The van der Waals surface area contributed by atoms with Gasteiger partial charge in [-0.2, -0.15) is 0 Å². The van der Waals surface area contributed by atoms with Crippen molar-refractivity contribution in [3.8, 4) is 5.75 Å². The van der Waals surface area contributed by atoms with E-state index < -0.39 is 59.9 Å². The lowest BCUT2D eigenvalue weighted by Gasteiger charge is -2.31. The molecule has 0 radical (unpaired) electrons. The molecule has 2 aliphatic rings. The summed E-state index contributed by atoms with van der Waals surface area (Å²) in [4.78, 5) is 69.8. The molecule has 5 N–H and O–H groups in total. The van der Waals surface area contributed by atoms with Crippen molar-refractivity contribution >= 4 is 51.0 Å². The largest absolute Gasteiger partial charge is 0.487 e. The van der Waals surface area contributed by atoms with Crippen molar-refractivity contribution in [3.05, 3.63) is 76.9 Å². The lowest BCUT2D eigenvalue weighted by molar-refractivity contribution is -0.144. The van der Waals surface area contributed by atoms with Gasteiger partial charge in [-0.3, -0.25) is 19.2 Å². The quantitative estimate of drug-likeness (QED) is 0.178. The maximum Gasteiger partial charge on any atom is 0.326 e. The van der Waals surface area contributed by atoms with Crippen LogP contribution in [0.1, 0.15) is 50.1 Å². The fraction of sp³-hybridized carbons (Fsp3) is 0.432. The lowest BCUT2D eigenvalue weighted by atomic mass is 10.0. The lowest BCUT2D eigenvalue weighted by Crippen LogP contribution is -2.59. The molecule has 6 atom stereocenters. The van der Waals surface area contributed by atoms with Gasteiger partial charge in [-0.1, -0.05) is 49.4 Å². The zero-order valence-corrected chi connectivity index (χ0v) is 30.8. The average Bonchev–Trinajstić information content (AvgIpc) is 3.90. The smallest absolute Gasteiger partial charge is 0.326 e. The molecule has 53 heavy (non-hydrogen) atoms. The monoisotopic (exact) mass is 744 g/mol. The van der Waals surface area contributed by atoms with Gasteiger partial charge in [0.25, 0.3) is 0 Å². The summed E-state index contributed by atoms with van der Waals surface area (Å²) < 4.78 is 8.58. The molecule has 15 nitrogen and oxygen atoms in total. The Kier molecular flexibility index (Phi) is 11.4. The molecule has 16 heteroatoms. The highest BCUT2D eigenvalue weighted by Crippen LogP contribution is 2.30. The third-order valence-corrected chi connectivity index (χ3v) is 10.8. The number of aromatic nitrogens is 3. The number of rotatable bonds is 8. The highest BCUT2D eigenvalue weighted by Gasteiger charge is 2.45. The molecule has 4 aromatic rings. The second-order valence-corrected chi connectivity index (χ2v) is 14.8. The number of ether oxygens (including phenoxy) is 1. The van der Waals surface area contributed by atoms with Crippen LogP contribution >= 0.6 is 11.3 Å². The highest BCUT2D eigenvalue weighted by atomic mass is 32.1. The van der Waals surface area contributed by atoms with E-state index in [0.29, 0.717) is 17.0 Å². The number of likely N-dealkylation sites (tertiary alicyclic amines) is 1. The molecular formula is C37H44N8O7S. The van der Waals surface area contributed by atoms with Crippen LogP contribution in [0.3, 0.4) is 0 Å². The maximum absolute atomic E-state index is 14.4. The molecule has 0 saturated carbocycles. The number of carboxylic acids is 1. The standard InChI is InChI=1S/C37H44N8O7S/c1-20(2)32(41-33(46)21(3)38-4)36(49)44-17-25-15-30(44)35(48)39-28(14-23-19-53-31-11-6-5-10-27(23)31)34(47)40-29(37(50)51)13-22-8-7-9-26(12-22)52-18-24-16-45(25)43-42-24/h5-12,16,19-21,25,28-30,32,38H,13-15,17-18H2,1-4H3,(H,39,48)(H,40,47)(H,41,46)(H,50,51)/t21-,25-,28-,29-,30-,32-/m0/s1. The SMILES string of the molecule is CN[C@@H](C)C(=O)N[C@H](C(=O)N1C[C@@H]2C[C@H]1C(=O)N[C@@H](Cc1csc3ccccc13)C(=O)N[C@H](C(=O)O)Cc1cccc(c1)OCc1cn2nn1)C(C)C. The maximum atomic E-state index is 14.4. The number of carboxylic acid groups (broad SMARTS) is 1. The number of nitrogens with zero attached hydrogens (tertiary/aromatic N) is 4. The number of carbonyl (C=O) groups excluding carboxylic acids is 4. The third kappa shape index (κ3) is 8.49. The number of nitrogens with one attached hydrogen (secondary N) is 4. The van der Waals surface area contributed by atoms with Crippen molar-refractivity contribution < 1.29 is 33.8 Å². The minimum Gasteiger partial charge on any atom is -0.487 e. The van der Waals surface area contributed by atoms with E-state index in [1.165, 1.54) is 16.2 Å². The summed E-state index contributed by atoms with van der Waals surface area (Å²) in [5, 5.41) is 32.9. The molecule has 2 aromatic heterocycles. The minimum atomic E-state index is -1.32. The molecule has 280 valence electrons. The molecule has 1 fully saturated rings. The van der Waals surface area contributed by atoms with Gasteiger partial charge in [0.15, 0.2) is 0 Å². The van der Waals surface area contributed by atoms with Crippen molar-refractivity contribution in [2.75, 3.05) is 13.6 Å². The van der Waals surface area contributed by atoms with E-state index in [0.717, 1.165) is 15.6 Å². The number of aliphatic carboxylic acids is 1. The Morgan fingerprint density at radius 3 is 2.62 bits per heavy atom.